The van der Waals surface area contributed by atoms with E-state index in [0.717, 1.165) is 42.9 Å². The molecule has 3 saturated heterocycles. The minimum atomic E-state index is -0.552. The second-order valence-electron chi connectivity index (χ2n) is 8.80. The number of fused-ring (bicyclic) bond motifs is 1. The quantitative estimate of drug-likeness (QED) is 0.743. The second-order valence-corrected chi connectivity index (χ2v) is 8.80. The first kappa shape index (κ1) is 18.8. The Hall–Kier alpha value is -2.25. The maximum absolute atomic E-state index is 13.3. The van der Waals surface area contributed by atoms with Crippen molar-refractivity contribution >= 4 is 17.7 Å². The van der Waals surface area contributed by atoms with Gasteiger partial charge in [0.1, 0.15) is 6.04 Å². The number of nitrogens with one attached hydrogen (secondary N) is 2. The molecular weight excluding hydrogens is 368 g/mol. The number of rotatable bonds is 4. The summed E-state index contributed by atoms with van der Waals surface area (Å²) in [5, 5.41) is 5.77. The predicted molar refractivity (Wildman–Crippen MR) is 107 cm³/mol. The van der Waals surface area contributed by atoms with E-state index in [1.807, 2.05) is 12.1 Å². The highest BCUT2D eigenvalue weighted by atomic mass is 16.2. The molecule has 0 radical (unpaired) electrons. The van der Waals surface area contributed by atoms with Crippen LogP contribution in [0, 0.1) is 5.92 Å². The van der Waals surface area contributed by atoms with Crippen molar-refractivity contribution in [2.24, 2.45) is 5.92 Å². The third-order valence-electron chi connectivity index (χ3n) is 7.03. The number of hydrogen-bond donors (Lipinski definition) is 2. The number of carbonyl (C=O) groups excluding carboxylic acids is 3. The molecule has 0 aliphatic carbocycles. The molecule has 0 spiro atoms. The van der Waals surface area contributed by atoms with Crippen molar-refractivity contribution in [3.8, 4) is 0 Å². The molecular formula is C22H28N4O3. The Labute approximate surface area is 170 Å². The van der Waals surface area contributed by atoms with Gasteiger partial charge in [0.05, 0.1) is 0 Å². The van der Waals surface area contributed by atoms with E-state index in [1.165, 1.54) is 19.3 Å². The van der Waals surface area contributed by atoms with Crippen LogP contribution < -0.4 is 10.6 Å². The molecule has 2 atom stereocenters. The largest absolute Gasteiger partial charge is 0.322 e. The molecule has 5 rings (SSSR count). The summed E-state index contributed by atoms with van der Waals surface area (Å²) >= 11 is 0. The van der Waals surface area contributed by atoms with E-state index in [1.54, 1.807) is 4.90 Å². The number of imide groups is 1. The lowest BCUT2D eigenvalue weighted by Gasteiger charge is -2.44. The Bertz CT molecular complexity index is 850. The zero-order chi connectivity index (χ0) is 20.0. The van der Waals surface area contributed by atoms with Gasteiger partial charge in [0.2, 0.25) is 11.8 Å². The SMILES string of the molecule is O=C1CCC(N2Cc3cccc(CN4CCCCC4C4CNC4)c3C2=O)C(=O)N1. The zero-order valence-electron chi connectivity index (χ0n) is 16.7. The average molecular weight is 396 g/mol. The maximum Gasteiger partial charge on any atom is 0.255 e. The van der Waals surface area contributed by atoms with Crippen LogP contribution in [0.2, 0.25) is 0 Å². The number of hydrogen-bond acceptors (Lipinski definition) is 5. The number of benzene rings is 1. The molecule has 3 amide bonds. The Morgan fingerprint density at radius 3 is 2.69 bits per heavy atom. The zero-order valence-corrected chi connectivity index (χ0v) is 16.7. The summed E-state index contributed by atoms with van der Waals surface area (Å²) in [4.78, 5) is 41.3. The molecule has 3 fully saturated rings. The molecule has 0 bridgehead atoms. The third-order valence-corrected chi connectivity index (χ3v) is 7.03. The molecule has 4 heterocycles. The summed E-state index contributed by atoms with van der Waals surface area (Å²) in [7, 11) is 0. The first-order chi connectivity index (χ1) is 14.1. The molecule has 1 aromatic carbocycles. The van der Waals surface area contributed by atoms with Crippen LogP contribution in [0.5, 0.6) is 0 Å². The first-order valence-electron chi connectivity index (χ1n) is 10.8. The molecule has 154 valence electrons. The molecule has 29 heavy (non-hydrogen) atoms. The van der Waals surface area contributed by atoms with Crippen LogP contribution in [0.15, 0.2) is 18.2 Å². The maximum atomic E-state index is 13.3. The van der Waals surface area contributed by atoms with Crippen LogP contribution in [0.3, 0.4) is 0 Å². The lowest BCUT2D eigenvalue weighted by atomic mass is 9.86. The monoisotopic (exact) mass is 396 g/mol. The van der Waals surface area contributed by atoms with E-state index in [-0.39, 0.29) is 24.1 Å². The number of carbonyl (C=O) groups is 3. The fourth-order valence-electron chi connectivity index (χ4n) is 5.37. The van der Waals surface area contributed by atoms with Crippen molar-refractivity contribution in [1.29, 1.82) is 0 Å². The smallest absolute Gasteiger partial charge is 0.255 e. The molecule has 2 unspecified atom stereocenters. The van der Waals surface area contributed by atoms with E-state index in [0.29, 0.717) is 24.9 Å². The van der Waals surface area contributed by atoms with Crippen LogP contribution in [0.4, 0.5) is 0 Å². The molecule has 0 saturated carbocycles. The highest BCUT2D eigenvalue weighted by Crippen LogP contribution is 2.33. The van der Waals surface area contributed by atoms with Gasteiger partial charge in [-0.15, -0.1) is 0 Å². The van der Waals surface area contributed by atoms with Gasteiger partial charge in [-0.05, 0) is 42.9 Å². The summed E-state index contributed by atoms with van der Waals surface area (Å²) < 4.78 is 0. The number of piperidine rings is 2. The van der Waals surface area contributed by atoms with E-state index >= 15 is 0 Å². The molecule has 2 N–H and O–H groups in total. The van der Waals surface area contributed by atoms with E-state index in [2.05, 4.69) is 21.6 Å². The van der Waals surface area contributed by atoms with Crippen molar-refractivity contribution in [1.82, 2.24) is 20.4 Å². The number of amides is 3. The predicted octanol–water partition coefficient (Wildman–Crippen LogP) is 1.02. The number of likely N-dealkylation sites (tertiary alicyclic amines) is 1. The fraction of sp³-hybridized carbons (Fsp3) is 0.591. The van der Waals surface area contributed by atoms with Gasteiger partial charge in [-0.2, -0.15) is 0 Å². The van der Waals surface area contributed by atoms with Crippen LogP contribution >= 0.6 is 0 Å². The molecule has 0 aromatic heterocycles. The van der Waals surface area contributed by atoms with Crippen molar-refractivity contribution in [3.05, 3.63) is 34.9 Å². The summed E-state index contributed by atoms with van der Waals surface area (Å²) in [5.41, 5.74) is 2.84. The van der Waals surface area contributed by atoms with Gasteiger partial charge in [0.25, 0.3) is 5.91 Å². The van der Waals surface area contributed by atoms with Gasteiger partial charge in [0, 0.05) is 44.2 Å². The van der Waals surface area contributed by atoms with Crippen LogP contribution in [-0.2, 0) is 22.7 Å². The van der Waals surface area contributed by atoms with Crippen molar-refractivity contribution in [3.63, 3.8) is 0 Å². The Kier molecular flexibility index (Phi) is 4.87. The highest BCUT2D eigenvalue weighted by Gasteiger charge is 2.40. The van der Waals surface area contributed by atoms with Gasteiger partial charge in [0.15, 0.2) is 0 Å². The fourth-order valence-corrected chi connectivity index (χ4v) is 5.37. The summed E-state index contributed by atoms with van der Waals surface area (Å²) in [6.07, 6.45) is 4.42. The Morgan fingerprint density at radius 2 is 1.93 bits per heavy atom. The topological polar surface area (TPSA) is 81.8 Å². The second kappa shape index (κ2) is 7.54. The Balaban J connectivity index is 1.37. The lowest BCUT2D eigenvalue weighted by molar-refractivity contribution is -0.136. The normalized spacial score (nSPS) is 28.3. The van der Waals surface area contributed by atoms with E-state index in [9.17, 15) is 14.4 Å². The lowest BCUT2D eigenvalue weighted by Crippen LogP contribution is -2.55. The van der Waals surface area contributed by atoms with Gasteiger partial charge in [-0.25, -0.2) is 0 Å². The van der Waals surface area contributed by atoms with Crippen molar-refractivity contribution < 1.29 is 14.4 Å². The summed E-state index contributed by atoms with van der Waals surface area (Å²) in [6.45, 7) is 4.51. The molecule has 4 aliphatic heterocycles. The first-order valence-corrected chi connectivity index (χ1v) is 10.8. The minimum absolute atomic E-state index is 0.0658. The molecule has 7 heteroatoms. The van der Waals surface area contributed by atoms with E-state index < -0.39 is 6.04 Å². The minimum Gasteiger partial charge on any atom is -0.322 e. The van der Waals surface area contributed by atoms with Crippen LogP contribution in [-0.4, -0.2) is 59.2 Å². The van der Waals surface area contributed by atoms with Crippen molar-refractivity contribution in [2.45, 2.75) is 57.3 Å². The third kappa shape index (κ3) is 3.36. The Morgan fingerprint density at radius 1 is 1.07 bits per heavy atom. The van der Waals surface area contributed by atoms with Gasteiger partial charge >= 0.3 is 0 Å². The number of nitrogens with zero attached hydrogens (tertiary/aromatic N) is 2. The van der Waals surface area contributed by atoms with Crippen molar-refractivity contribution in [2.75, 3.05) is 19.6 Å². The van der Waals surface area contributed by atoms with Crippen LogP contribution in [0.25, 0.3) is 0 Å². The van der Waals surface area contributed by atoms with E-state index in [4.69, 9.17) is 0 Å². The molecule has 7 nitrogen and oxygen atoms in total. The highest BCUT2D eigenvalue weighted by molar-refractivity contribution is 6.05. The van der Waals surface area contributed by atoms with Gasteiger partial charge < -0.3 is 10.2 Å². The van der Waals surface area contributed by atoms with Gasteiger partial charge in [-0.1, -0.05) is 24.6 Å². The standard InChI is InChI=1S/C22H28N4O3/c27-19-8-7-18(21(28)24-19)26-13-15-5-3-4-14(20(15)22(26)29)12-25-9-2-1-6-17(25)16-10-23-11-16/h3-5,16-18,23H,1-2,6-13H2,(H,24,27,28). The summed E-state index contributed by atoms with van der Waals surface area (Å²) in [6, 6.07) is 6.12. The molecule has 4 aliphatic rings. The van der Waals surface area contributed by atoms with Gasteiger partial charge in [-0.3, -0.25) is 24.6 Å². The summed E-state index contributed by atoms with van der Waals surface area (Å²) in [5.74, 6) is 0.0435. The van der Waals surface area contributed by atoms with Crippen LogP contribution in [0.1, 0.15) is 53.6 Å². The average Bonchev–Trinajstić information content (AvgIpc) is 2.99. The molecule has 1 aromatic rings.